The number of hydrogen-bond donors (Lipinski definition) is 1. The Morgan fingerprint density at radius 2 is 1.97 bits per heavy atom. The molecule has 0 unspecified atom stereocenters. The Balaban J connectivity index is 1.29. The van der Waals surface area contributed by atoms with Crippen molar-refractivity contribution in [1.29, 1.82) is 0 Å². The maximum Gasteiger partial charge on any atom is 0.253 e. The van der Waals surface area contributed by atoms with Gasteiger partial charge in [-0.05, 0) is 57.0 Å². The zero-order chi connectivity index (χ0) is 23.2. The first-order valence-electron chi connectivity index (χ1n) is 11.3. The number of amides is 1. The summed E-state index contributed by atoms with van der Waals surface area (Å²) < 4.78 is 19.3. The molecule has 0 radical (unpaired) electrons. The second kappa shape index (κ2) is 10.5. The van der Waals surface area contributed by atoms with Gasteiger partial charge >= 0.3 is 0 Å². The average Bonchev–Trinajstić information content (AvgIpc) is 2.81. The van der Waals surface area contributed by atoms with E-state index in [4.69, 9.17) is 4.74 Å². The largest absolute Gasteiger partial charge is 0.475 e. The van der Waals surface area contributed by atoms with Crippen LogP contribution in [0.5, 0.6) is 5.88 Å². The molecule has 6 nitrogen and oxygen atoms in total. The number of nitrogens with zero attached hydrogens (tertiary/aromatic N) is 3. The van der Waals surface area contributed by atoms with Gasteiger partial charge in [0.25, 0.3) is 5.91 Å². The summed E-state index contributed by atoms with van der Waals surface area (Å²) in [6.45, 7) is 6.55. The molecule has 3 aromatic rings. The minimum Gasteiger partial charge on any atom is -0.475 e. The third kappa shape index (κ3) is 6.14. The van der Waals surface area contributed by atoms with E-state index in [1.54, 1.807) is 36.7 Å². The summed E-state index contributed by atoms with van der Waals surface area (Å²) in [7, 11) is 0. The topological polar surface area (TPSA) is 67.3 Å². The molecule has 7 heteroatoms. The average molecular weight is 449 g/mol. The van der Waals surface area contributed by atoms with E-state index in [1.165, 1.54) is 12.1 Å². The Kier molecular flexibility index (Phi) is 7.29. The zero-order valence-electron chi connectivity index (χ0n) is 19.0. The van der Waals surface area contributed by atoms with E-state index in [1.807, 2.05) is 19.9 Å². The van der Waals surface area contributed by atoms with E-state index in [9.17, 15) is 9.18 Å². The SMILES string of the molecule is CC(C)Oc1ncccc1CN1CCC(NC(=O)c2ccc(-c3cccc(F)c3)nc2)CC1. The number of ether oxygens (including phenoxy) is 1. The number of pyridine rings is 2. The number of carbonyl (C=O) groups is 1. The van der Waals surface area contributed by atoms with E-state index in [2.05, 4.69) is 26.3 Å². The van der Waals surface area contributed by atoms with Crippen LogP contribution in [0.15, 0.2) is 60.9 Å². The van der Waals surface area contributed by atoms with Crippen LogP contribution in [0.1, 0.15) is 42.6 Å². The number of likely N-dealkylation sites (tertiary alicyclic amines) is 1. The van der Waals surface area contributed by atoms with E-state index < -0.39 is 0 Å². The fourth-order valence-corrected chi connectivity index (χ4v) is 3.97. The van der Waals surface area contributed by atoms with E-state index >= 15 is 0 Å². The van der Waals surface area contributed by atoms with Crippen molar-refractivity contribution in [2.75, 3.05) is 13.1 Å². The molecule has 1 saturated heterocycles. The molecule has 172 valence electrons. The van der Waals surface area contributed by atoms with Crippen LogP contribution < -0.4 is 10.1 Å². The third-order valence-corrected chi connectivity index (χ3v) is 5.66. The van der Waals surface area contributed by atoms with Gasteiger partial charge in [-0.2, -0.15) is 0 Å². The standard InChI is InChI=1S/C26H29FN4O2/c1-18(2)33-26-21(6-4-12-28-26)17-31-13-10-23(11-14-31)30-25(32)20-8-9-24(29-16-20)19-5-3-7-22(27)15-19/h3-9,12,15-16,18,23H,10-11,13-14,17H2,1-2H3,(H,30,32). The first-order valence-corrected chi connectivity index (χ1v) is 11.3. The van der Waals surface area contributed by atoms with Gasteiger partial charge in [-0.1, -0.05) is 18.2 Å². The van der Waals surface area contributed by atoms with Crippen molar-refractivity contribution >= 4 is 5.91 Å². The Labute approximate surface area is 193 Å². The van der Waals surface area contributed by atoms with Crippen molar-refractivity contribution < 1.29 is 13.9 Å². The van der Waals surface area contributed by atoms with Gasteiger partial charge in [0, 0.05) is 49.2 Å². The molecule has 0 atom stereocenters. The fourth-order valence-electron chi connectivity index (χ4n) is 3.97. The summed E-state index contributed by atoms with van der Waals surface area (Å²) in [4.78, 5) is 23.8. The van der Waals surface area contributed by atoms with Crippen molar-refractivity contribution in [3.8, 4) is 17.1 Å². The predicted molar refractivity (Wildman–Crippen MR) is 125 cm³/mol. The van der Waals surface area contributed by atoms with Crippen LogP contribution in [0, 0.1) is 5.82 Å². The normalized spacial score (nSPS) is 14.9. The molecule has 1 aliphatic rings. The lowest BCUT2D eigenvalue weighted by Crippen LogP contribution is -2.44. The highest BCUT2D eigenvalue weighted by molar-refractivity contribution is 5.94. The van der Waals surface area contributed by atoms with Crippen LogP contribution in [-0.4, -0.2) is 46.0 Å². The summed E-state index contributed by atoms with van der Waals surface area (Å²) >= 11 is 0. The van der Waals surface area contributed by atoms with Crippen molar-refractivity contribution in [1.82, 2.24) is 20.2 Å². The number of hydrogen-bond acceptors (Lipinski definition) is 5. The third-order valence-electron chi connectivity index (χ3n) is 5.66. The molecular formula is C26H29FN4O2. The van der Waals surface area contributed by atoms with E-state index in [0.717, 1.165) is 38.0 Å². The number of benzene rings is 1. The molecule has 4 rings (SSSR count). The number of aromatic nitrogens is 2. The highest BCUT2D eigenvalue weighted by Gasteiger charge is 2.22. The molecule has 1 fully saturated rings. The van der Waals surface area contributed by atoms with Crippen molar-refractivity contribution in [2.45, 2.75) is 45.4 Å². The van der Waals surface area contributed by atoms with Gasteiger partial charge in [-0.3, -0.25) is 14.7 Å². The lowest BCUT2D eigenvalue weighted by atomic mass is 10.0. The minimum absolute atomic E-state index is 0.0806. The molecule has 1 aliphatic heterocycles. The molecule has 3 heterocycles. The lowest BCUT2D eigenvalue weighted by Gasteiger charge is -2.32. The molecule has 1 N–H and O–H groups in total. The molecule has 2 aromatic heterocycles. The highest BCUT2D eigenvalue weighted by atomic mass is 19.1. The Morgan fingerprint density at radius 1 is 1.15 bits per heavy atom. The molecule has 0 spiro atoms. The van der Waals surface area contributed by atoms with Crippen molar-refractivity contribution in [3.63, 3.8) is 0 Å². The summed E-state index contributed by atoms with van der Waals surface area (Å²) in [6, 6.07) is 13.9. The molecule has 33 heavy (non-hydrogen) atoms. The summed E-state index contributed by atoms with van der Waals surface area (Å²) in [6.07, 6.45) is 5.13. The first-order chi connectivity index (χ1) is 16.0. The molecular weight excluding hydrogens is 419 g/mol. The summed E-state index contributed by atoms with van der Waals surface area (Å²) in [5.41, 5.74) is 2.90. The Bertz CT molecular complexity index is 1080. The van der Waals surface area contributed by atoms with Crippen molar-refractivity contribution in [2.24, 2.45) is 0 Å². The number of carbonyl (C=O) groups excluding carboxylic acids is 1. The fraction of sp³-hybridized carbons (Fsp3) is 0.346. The van der Waals surface area contributed by atoms with Gasteiger partial charge in [0.05, 0.1) is 17.4 Å². The number of piperidine rings is 1. The van der Waals surface area contributed by atoms with Crippen LogP contribution in [0.25, 0.3) is 11.3 Å². The van der Waals surface area contributed by atoms with Gasteiger partial charge in [0.2, 0.25) is 5.88 Å². The van der Waals surface area contributed by atoms with Crippen LogP contribution in [0.4, 0.5) is 4.39 Å². The maximum atomic E-state index is 13.4. The van der Waals surface area contributed by atoms with Gasteiger partial charge in [-0.25, -0.2) is 9.37 Å². The quantitative estimate of drug-likeness (QED) is 0.578. The van der Waals surface area contributed by atoms with Crippen LogP contribution in [0.2, 0.25) is 0 Å². The highest BCUT2D eigenvalue weighted by Crippen LogP contribution is 2.21. The number of rotatable bonds is 7. The van der Waals surface area contributed by atoms with E-state index in [0.29, 0.717) is 22.7 Å². The monoisotopic (exact) mass is 448 g/mol. The van der Waals surface area contributed by atoms with Crippen LogP contribution in [0.3, 0.4) is 0 Å². The summed E-state index contributed by atoms with van der Waals surface area (Å²) in [5, 5.41) is 3.12. The molecule has 0 saturated carbocycles. The molecule has 1 amide bonds. The molecule has 0 aliphatic carbocycles. The lowest BCUT2D eigenvalue weighted by molar-refractivity contribution is 0.0908. The second-order valence-electron chi connectivity index (χ2n) is 8.60. The first kappa shape index (κ1) is 22.9. The Morgan fingerprint density at radius 3 is 2.67 bits per heavy atom. The molecule has 0 bridgehead atoms. The second-order valence-corrected chi connectivity index (χ2v) is 8.60. The number of nitrogens with one attached hydrogen (secondary N) is 1. The van der Waals surface area contributed by atoms with Crippen LogP contribution in [-0.2, 0) is 6.54 Å². The van der Waals surface area contributed by atoms with Crippen molar-refractivity contribution in [3.05, 3.63) is 77.9 Å². The van der Waals surface area contributed by atoms with Gasteiger partial charge in [-0.15, -0.1) is 0 Å². The number of halogens is 1. The molecule has 1 aromatic carbocycles. The van der Waals surface area contributed by atoms with Gasteiger partial charge in [0.15, 0.2) is 0 Å². The van der Waals surface area contributed by atoms with Gasteiger partial charge in [0.1, 0.15) is 5.82 Å². The maximum absolute atomic E-state index is 13.4. The van der Waals surface area contributed by atoms with Gasteiger partial charge < -0.3 is 10.1 Å². The Hall–Kier alpha value is -3.32. The minimum atomic E-state index is -0.310. The van der Waals surface area contributed by atoms with Crippen LogP contribution >= 0.6 is 0 Å². The predicted octanol–water partition coefficient (Wildman–Crippen LogP) is 4.46. The zero-order valence-corrected chi connectivity index (χ0v) is 19.0. The van der Waals surface area contributed by atoms with E-state index in [-0.39, 0.29) is 23.9 Å². The summed E-state index contributed by atoms with van der Waals surface area (Å²) in [5.74, 6) is 0.249. The smallest absolute Gasteiger partial charge is 0.253 e.